The van der Waals surface area contributed by atoms with Crippen LogP contribution in [0.15, 0.2) is 48.5 Å². The number of ether oxygens (including phenoxy) is 1. The fourth-order valence-electron chi connectivity index (χ4n) is 6.10. The van der Waals surface area contributed by atoms with E-state index < -0.39 is 0 Å². The van der Waals surface area contributed by atoms with E-state index in [0.29, 0.717) is 16.6 Å². The smallest absolute Gasteiger partial charge is 0.509 e. The molecule has 0 spiro atoms. The number of carbonyl (C=O) groups is 1. The van der Waals surface area contributed by atoms with Crippen molar-refractivity contribution < 1.29 is 66.0 Å². The van der Waals surface area contributed by atoms with Crippen LogP contribution < -0.4 is 61.4 Å². The first kappa shape index (κ1) is 42.7. The number of nitrogens with one attached hydrogen (secondary N) is 1. The normalized spacial score (nSPS) is 18.0. The van der Waals surface area contributed by atoms with Crippen molar-refractivity contribution in [1.29, 1.82) is 0 Å². The summed E-state index contributed by atoms with van der Waals surface area (Å²) in [7, 11) is 0. The first-order valence-electron chi connectivity index (χ1n) is 17.6. The molecule has 2 heterocycles. The monoisotopic (exact) mass is 700 g/mol. The summed E-state index contributed by atoms with van der Waals surface area (Å²) in [6, 6.07) is 17.1. The zero-order valence-corrected chi connectivity index (χ0v) is 34.9. The minimum Gasteiger partial charge on any atom is -0.509 e. The van der Waals surface area contributed by atoms with E-state index in [4.69, 9.17) is 16.3 Å². The second-order valence-electron chi connectivity index (χ2n) is 13.7. The molecular weight excluding hydrogens is 643 g/mol. The maximum Gasteiger partial charge on any atom is 1.00 e. The number of fused-ring (bicyclic) bond motifs is 1. The summed E-state index contributed by atoms with van der Waals surface area (Å²) in [6.07, 6.45) is 9.78. The zero-order chi connectivity index (χ0) is 34.6. The summed E-state index contributed by atoms with van der Waals surface area (Å²) in [5, 5.41) is 12.4. The van der Waals surface area contributed by atoms with Gasteiger partial charge in [-0.2, -0.15) is 12.5 Å². The number of rotatable bonds is 8. The van der Waals surface area contributed by atoms with Gasteiger partial charge in [0, 0.05) is 36.1 Å². The molecule has 0 aromatic heterocycles. The van der Waals surface area contributed by atoms with Gasteiger partial charge >= 0.3 is 51.4 Å². The van der Waals surface area contributed by atoms with Gasteiger partial charge < -0.3 is 15.2 Å². The number of halogens is 1. The van der Waals surface area contributed by atoms with Gasteiger partial charge in [0.2, 0.25) is 5.91 Å². The molecule has 5 nitrogen and oxygen atoms in total. The molecule has 1 amide bonds. The van der Waals surface area contributed by atoms with Crippen LogP contribution in [0.2, 0.25) is 5.02 Å². The summed E-state index contributed by atoms with van der Waals surface area (Å²) in [6.45, 7) is 22.2. The Bertz CT molecular complexity index is 1460. The SMILES string of the molecule is CCC.C[C@H]1CCC(=O)N1.Cc1c(OCCCN2CC2(C)C)cccc1-c1cccc2c1CCC2.[CH2-]c1cc(Cl)c(O)cc1CCC.[K+]. The number of aryl methyl sites for hydroxylation is 2. The van der Waals surface area contributed by atoms with Crippen molar-refractivity contribution in [2.24, 2.45) is 0 Å². The van der Waals surface area contributed by atoms with Gasteiger partial charge in [-0.15, -0.1) is 11.6 Å². The topological polar surface area (TPSA) is 61.6 Å². The zero-order valence-electron chi connectivity index (χ0n) is 31.0. The number of hydrogen-bond donors (Lipinski definition) is 2. The molecule has 7 heteroatoms. The van der Waals surface area contributed by atoms with Gasteiger partial charge in [0.1, 0.15) is 11.5 Å². The minimum absolute atomic E-state index is 0. The number of hydrogen-bond acceptors (Lipinski definition) is 4. The molecule has 1 unspecified atom stereocenters. The van der Waals surface area contributed by atoms with Crippen molar-refractivity contribution in [3.05, 3.63) is 88.3 Å². The van der Waals surface area contributed by atoms with E-state index >= 15 is 0 Å². The maximum atomic E-state index is 10.3. The molecule has 2 saturated heterocycles. The Hall–Kier alpha value is -1.51. The van der Waals surface area contributed by atoms with E-state index in [1.807, 2.05) is 6.92 Å². The van der Waals surface area contributed by atoms with Crippen LogP contribution in [0.5, 0.6) is 11.5 Å². The molecule has 2 fully saturated rings. The van der Waals surface area contributed by atoms with Crippen molar-refractivity contribution in [1.82, 2.24) is 10.2 Å². The summed E-state index contributed by atoms with van der Waals surface area (Å²) in [5.74, 6) is 1.39. The molecule has 6 rings (SSSR count). The standard InChI is InChI=1S/C23H29NO.C10H12ClO.C5H9NO.C3H8.K/c1-17-19(21-12-5-9-18-8-4-11-20(18)21)10-6-13-22(17)25-15-7-14-24-16-23(24,2)3;1-3-4-8-6-10(12)9(11)5-7(8)2;1-4-2-3-5(7)6-4;1-3-2;/h5-6,9-10,12-13H,4,7-8,11,14-16H2,1-3H3;5-6,12H,2-4H2,1H3;4H,2-3H2,1H3,(H,6,7);3H2,1-2H3;/q;-1;;;+1/t;;4-;;/m..0../s1. The predicted octanol–water partition coefficient (Wildman–Crippen LogP) is 6.90. The Morgan fingerprint density at radius 2 is 1.73 bits per heavy atom. The van der Waals surface area contributed by atoms with Gasteiger partial charge in [0.05, 0.1) is 6.61 Å². The molecule has 0 bridgehead atoms. The summed E-state index contributed by atoms with van der Waals surface area (Å²) in [5.41, 5.74) is 9.49. The Balaban J connectivity index is 0.000000288. The Labute approximate surface area is 339 Å². The van der Waals surface area contributed by atoms with Crippen molar-refractivity contribution in [3.8, 4) is 22.6 Å². The summed E-state index contributed by atoms with van der Waals surface area (Å²) < 4.78 is 6.14. The van der Waals surface area contributed by atoms with E-state index in [1.165, 1.54) is 54.5 Å². The van der Waals surface area contributed by atoms with E-state index in [2.05, 4.69) is 95.1 Å². The first-order valence-corrected chi connectivity index (χ1v) is 18.0. The fraction of sp³-hybridized carbons (Fsp3) is 0.512. The predicted molar refractivity (Wildman–Crippen MR) is 199 cm³/mol. The Kier molecular flexibility index (Phi) is 18.7. The molecule has 0 radical (unpaired) electrons. The van der Waals surface area contributed by atoms with Crippen molar-refractivity contribution in [2.75, 3.05) is 19.7 Å². The van der Waals surface area contributed by atoms with Gasteiger partial charge in [0.15, 0.2) is 0 Å². The maximum absolute atomic E-state index is 10.3. The molecule has 2 N–H and O–H groups in total. The average molecular weight is 701 g/mol. The average Bonchev–Trinajstić information content (AvgIpc) is 3.33. The van der Waals surface area contributed by atoms with Crippen molar-refractivity contribution >= 4 is 17.5 Å². The molecule has 48 heavy (non-hydrogen) atoms. The third kappa shape index (κ3) is 13.0. The molecule has 2 aliphatic heterocycles. The number of phenols is 1. The third-order valence-corrected chi connectivity index (χ3v) is 9.18. The number of amides is 1. The van der Waals surface area contributed by atoms with E-state index in [-0.39, 0.29) is 63.0 Å². The number of benzene rings is 3. The van der Waals surface area contributed by atoms with Gasteiger partial charge in [-0.25, -0.2) is 0 Å². The molecule has 1 aliphatic carbocycles. The van der Waals surface area contributed by atoms with Crippen LogP contribution in [0.25, 0.3) is 11.1 Å². The van der Waals surface area contributed by atoms with Crippen LogP contribution in [0.1, 0.15) is 108 Å². The van der Waals surface area contributed by atoms with Crippen LogP contribution in [0.3, 0.4) is 0 Å². The summed E-state index contributed by atoms with van der Waals surface area (Å²) >= 11 is 5.70. The van der Waals surface area contributed by atoms with Crippen LogP contribution in [0, 0.1) is 13.8 Å². The van der Waals surface area contributed by atoms with Crippen LogP contribution in [-0.4, -0.2) is 47.2 Å². The fourth-order valence-corrected chi connectivity index (χ4v) is 6.29. The molecule has 258 valence electrons. The second kappa shape index (κ2) is 21.0. The van der Waals surface area contributed by atoms with Crippen molar-refractivity contribution in [2.45, 2.75) is 118 Å². The molecule has 3 aromatic carbocycles. The number of nitrogens with zero attached hydrogens (tertiary/aromatic N) is 1. The van der Waals surface area contributed by atoms with E-state index in [9.17, 15) is 9.90 Å². The second-order valence-corrected chi connectivity index (χ2v) is 14.1. The molecule has 3 aliphatic rings. The first-order chi connectivity index (χ1) is 22.4. The third-order valence-electron chi connectivity index (χ3n) is 8.88. The van der Waals surface area contributed by atoms with Gasteiger partial charge in [-0.05, 0) is 93.7 Å². The number of phenolic OH excluding ortho intramolecular Hbond substituents is 1. The van der Waals surface area contributed by atoms with Crippen LogP contribution in [-0.2, 0) is 24.1 Å². The van der Waals surface area contributed by atoms with Crippen molar-refractivity contribution in [3.63, 3.8) is 0 Å². The van der Waals surface area contributed by atoms with Gasteiger partial charge in [-0.3, -0.25) is 9.69 Å². The number of carbonyl (C=O) groups excluding carboxylic acids is 1. The molecule has 3 aromatic rings. The van der Waals surface area contributed by atoms with Crippen LogP contribution in [0.4, 0.5) is 0 Å². The molecule has 2 atom stereocenters. The largest absolute Gasteiger partial charge is 1.00 e. The van der Waals surface area contributed by atoms with Gasteiger partial charge in [0.25, 0.3) is 0 Å². The van der Waals surface area contributed by atoms with Gasteiger partial charge in [-0.1, -0.05) is 88.0 Å². The molecule has 0 saturated carbocycles. The summed E-state index contributed by atoms with van der Waals surface area (Å²) in [4.78, 5) is 12.8. The van der Waals surface area contributed by atoms with Crippen LogP contribution >= 0.6 is 11.6 Å². The Morgan fingerprint density at radius 3 is 2.31 bits per heavy atom. The van der Waals surface area contributed by atoms with E-state index in [0.717, 1.165) is 62.1 Å². The Morgan fingerprint density at radius 1 is 1.06 bits per heavy atom. The number of aromatic hydroxyl groups is 1. The minimum atomic E-state index is 0. The molecular formula is C41H58ClKN2O3. The van der Waals surface area contributed by atoms with E-state index in [1.54, 1.807) is 17.7 Å². The quantitative estimate of drug-likeness (QED) is 0.116.